The van der Waals surface area contributed by atoms with Crippen LogP contribution in [-0.2, 0) is 4.74 Å². The van der Waals surface area contributed by atoms with Gasteiger partial charge in [-0.25, -0.2) is 4.79 Å². The molecule has 19 heavy (non-hydrogen) atoms. The van der Waals surface area contributed by atoms with E-state index >= 15 is 0 Å². The quantitative estimate of drug-likeness (QED) is 0.781. The molecule has 108 valence electrons. The van der Waals surface area contributed by atoms with E-state index in [1.54, 1.807) is 14.0 Å². The van der Waals surface area contributed by atoms with Crippen LogP contribution in [0.3, 0.4) is 0 Å². The Balaban J connectivity index is 3.04. The number of nitrogens with two attached hydrogens (primary N) is 1. The van der Waals surface area contributed by atoms with Crippen molar-refractivity contribution in [1.29, 1.82) is 0 Å². The van der Waals surface area contributed by atoms with Gasteiger partial charge in [-0.1, -0.05) is 13.3 Å². The summed E-state index contributed by atoms with van der Waals surface area (Å²) in [6.07, 6.45) is 2.18. The Morgan fingerprint density at radius 2 is 2.11 bits per heavy atom. The second-order valence-electron chi connectivity index (χ2n) is 4.18. The van der Waals surface area contributed by atoms with E-state index in [-0.39, 0.29) is 0 Å². The van der Waals surface area contributed by atoms with Crippen molar-refractivity contribution in [2.45, 2.75) is 26.7 Å². The van der Waals surface area contributed by atoms with Crippen LogP contribution in [0.15, 0.2) is 0 Å². The summed E-state index contributed by atoms with van der Waals surface area (Å²) in [4.78, 5) is 14.3. The SMILES string of the molecule is CCCCN(C)c1sc(C(=O)OCC)c(N)c1OC. The van der Waals surface area contributed by atoms with Gasteiger partial charge in [0, 0.05) is 13.6 Å². The first-order chi connectivity index (χ1) is 9.06. The van der Waals surface area contributed by atoms with Crippen LogP contribution in [-0.4, -0.2) is 33.3 Å². The zero-order valence-corrected chi connectivity index (χ0v) is 12.8. The van der Waals surface area contributed by atoms with E-state index in [1.807, 2.05) is 7.05 Å². The minimum Gasteiger partial charge on any atom is -0.492 e. The van der Waals surface area contributed by atoms with Crippen LogP contribution < -0.4 is 15.4 Å². The minimum atomic E-state index is -0.390. The molecule has 0 radical (unpaired) electrons. The molecule has 0 aliphatic carbocycles. The van der Waals surface area contributed by atoms with Crippen molar-refractivity contribution in [3.05, 3.63) is 4.88 Å². The van der Waals surface area contributed by atoms with Gasteiger partial charge in [0.25, 0.3) is 0 Å². The third kappa shape index (κ3) is 3.53. The van der Waals surface area contributed by atoms with E-state index in [0.29, 0.717) is 22.9 Å². The molecule has 0 bridgehead atoms. The molecule has 1 aromatic heterocycles. The highest BCUT2D eigenvalue weighted by molar-refractivity contribution is 7.19. The molecular formula is C13H22N2O3S. The van der Waals surface area contributed by atoms with Gasteiger partial charge in [-0.2, -0.15) is 0 Å². The van der Waals surface area contributed by atoms with Gasteiger partial charge in [-0.15, -0.1) is 11.3 Å². The second kappa shape index (κ2) is 7.23. The molecule has 0 atom stereocenters. The van der Waals surface area contributed by atoms with Gasteiger partial charge in [-0.3, -0.25) is 0 Å². The van der Waals surface area contributed by atoms with Gasteiger partial charge in [0.05, 0.1) is 13.7 Å². The standard InChI is InChI=1S/C13H22N2O3S/c1-5-7-8-15(3)12-10(17-4)9(14)11(19-12)13(16)18-6-2/h5-8,14H2,1-4H3. The smallest absolute Gasteiger partial charge is 0.350 e. The number of anilines is 2. The summed E-state index contributed by atoms with van der Waals surface area (Å²) in [5, 5.41) is 0.872. The van der Waals surface area contributed by atoms with Crippen molar-refractivity contribution < 1.29 is 14.3 Å². The van der Waals surface area contributed by atoms with Crippen molar-refractivity contribution in [2.24, 2.45) is 0 Å². The molecule has 0 amide bonds. The lowest BCUT2D eigenvalue weighted by Crippen LogP contribution is -2.17. The van der Waals surface area contributed by atoms with Gasteiger partial charge in [-0.05, 0) is 13.3 Å². The molecule has 1 rings (SSSR count). The van der Waals surface area contributed by atoms with Crippen LogP contribution in [0, 0.1) is 0 Å². The molecular weight excluding hydrogens is 264 g/mol. The Morgan fingerprint density at radius 3 is 2.63 bits per heavy atom. The van der Waals surface area contributed by atoms with Crippen molar-refractivity contribution in [3.8, 4) is 5.75 Å². The average molecular weight is 286 g/mol. The van der Waals surface area contributed by atoms with E-state index in [0.717, 1.165) is 24.4 Å². The zero-order chi connectivity index (χ0) is 14.4. The number of rotatable bonds is 7. The summed E-state index contributed by atoms with van der Waals surface area (Å²) >= 11 is 1.32. The molecule has 0 unspecified atom stereocenters. The Hall–Kier alpha value is -1.43. The molecule has 1 aromatic rings. The number of hydrogen-bond acceptors (Lipinski definition) is 6. The van der Waals surface area contributed by atoms with Crippen LogP contribution in [0.5, 0.6) is 5.75 Å². The fraction of sp³-hybridized carbons (Fsp3) is 0.615. The second-order valence-corrected chi connectivity index (χ2v) is 5.18. The third-order valence-electron chi connectivity index (χ3n) is 2.74. The molecule has 0 saturated carbocycles. The van der Waals surface area contributed by atoms with Crippen molar-refractivity contribution in [3.63, 3.8) is 0 Å². The summed E-state index contributed by atoms with van der Waals surface area (Å²) in [5.41, 5.74) is 6.34. The predicted octanol–water partition coefficient (Wildman–Crippen LogP) is 2.75. The first-order valence-corrected chi connectivity index (χ1v) is 7.22. The van der Waals surface area contributed by atoms with E-state index in [4.69, 9.17) is 15.2 Å². The average Bonchev–Trinajstić information content (AvgIpc) is 2.73. The van der Waals surface area contributed by atoms with Gasteiger partial charge in [0.2, 0.25) is 0 Å². The lowest BCUT2D eigenvalue weighted by atomic mass is 10.3. The number of esters is 1. The normalized spacial score (nSPS) is 10.3. The number of carbonyl (C=O) groups excluding carboxylic acids is 1. The summed E-state index contributed by atoms with van der Waals surface area (Å²) < 4.78 is 10.3. The molecule has 0 saturated heterocycles. The summed E-state index contributed by atoms with van der Waals surface area (Å²) in [5.74, 6) is 0.171. The first kappa shape index (κ1) is 15.6. The van der Waals surface area contributed by atoms with E-state index in [9.17, 15) is 4.79 Å². The molecule has 0 aliphatic heterocycles. The third-order valence-corrected chi connectivity index (χ3v) is 4.02. The topological polar surface area (TPSA) is 64.8 Å². The molecule has 2 N–H and O–H groups in total. The fourth-order valence-electron chi connectivity index (χ4n) is 1.71. The number of ether oxygens (including phenoxy) is 2. The number of carbonyl (C=O) groups is 1. The number of methoxy groups -OCH3 is 1. The maximum atomic E-state index is 11.8. The van der Waals surface area contributed by atoms with Crippen LogP contribution in [0.2, 0.25) is 0 Å². The van der Waals surface area contributed by atoms with Gasteiger partial charge >= 0.3 is 5.97 Å². The van der Waals surface area contributed by atoms with Crippen molar-refractivity contribution >= 4 is 28.0 Å². The molecule has 6 heteroatoms. The molecule has 0 spiro atoms. The zero-order valence-electron chi connectivity index (χ0n) is 12.0. The van der Waals surface area contributed by atoms with E-state index in [1.165, 1.54) is 11.3 Å². The molecule has 0 aromatic carbocycles. The molecule has 0 aliphatic rings. The number of nitrogens with zero attached hydrogens (tertiary/aromatic N) is 1. The van der Waals surface area contributed by atoms with Gasteiger partial charge in [0.15, 0.2) is 5.75 Å². The minimum absolute atomic E-state index is 0.333. The van der Waals surface area contributed by atoms with Crippen molar-refractivity contribution in [2.75, 3.05) is 37.9 Å². The molecule has 0 fully saturated rings. The van der Waals surface area contributed by atoms with E-state index in [2.05, 4.69) is 11.8 Å². The summed E-state index contributed by atoms with van der Waals surface area (Å²) in [6, 6.07) is 0. The summed E-state index contributed by atoms with van der Waals surface area (Å²) in [6.45, 7) is 5.14. The molecule has 1 heterocycles. The Labute approximate surface area is 118 Å². The number of nitrogen functional groups attached to an aromatic ring is 1. The van der Waals surface area contributed by atoms with Crippen LogP contribution >= 0.6 is 11.3 Å². The van der Waals surface area contributed by atoms with Gasteiger partial charge in [0.1, 0.15) is 15.6 Å². The fourth-order valence-corrected chi connectivity index (χ4v) is 2.78. The lowest BCUT2D eigenvalue weighted by molar-refractivity contribution is 0.0533. The van der Waals surface area contributed by atoms with Gasteiger partial charge < -0.3 is 20.1 Å². The predicted molar refractivity (Wildman–Crippen MR) is 79.4 cm³/mol. The first-order valence-electron chi connectivity index (χ1n) is 6.41. The maximum Gasteiger partial charge on any atom is 0.350 e. The van der Waals surface area contributed by atoms with Crippen LogP contribution in [0.1, 0.15) is 36.4 Å². The molecule has 5 nitrogen and oxygen atoms in total. The van der Waals surface area contributed by atoms with Crippen LogP contribution in [0.25, 0.3) is 0 Å². The monoisotopic (exact) mass is 286 g/mol. The number of thiophene rings is 1. The highest BCUT2D eigenvalue weighted by atomic mass is 32.1. The Morgan fingerprint density at radius 1 is 1.42 bits per heavy atom. The summed E-state index contributed by atoms with van der Waals surface area (Å²) in [7, 11) is 3.53. The van der Waals surface area contributed by atoms with Crippen LogP contribution in [0.4, 0.5) is 10.7 Å². The maximum absolute atomic E-state index is 11.8. The largest absolute Gasteiger partial charge is 0.492 e. The number of unbranched alkanes of at least 4 members (excludes halogenated alkanes) is 1. The highest BCUT2D eigenvalue weighted by Gasteiger charge is 2.24. The Kier molecular flexibility index (Phi) is 5.95. The number of hydrogen-bond donors (Lipinski definition) is 1. The Bertz CT molecular complexity index is 432. The lowest BCUT2D eigenvalue weighted by Gasteiger charge is -2.18. The van der Waals surface area contributed by atoms with Crippen molar-refractivity contribution in [1.82, 2.24) is 0 Å². The highest BCUT2D eigenvalue weighted by Crippen LogP contribution is 2.44. The van der Waals surface area contributed by atoms with E-state index < -0.39 is 5.97 Å².